The summed E-state index contributed by atoms with van der Waals surface area (Å²) in [6.45, 7) is 1.34. The van der Waals surface area contributed by atoms with Crippen molar-refractivity contribution >= 4 is 28.7 Å². The molecule has 1 aliphatic rings. The zero-order valence-electron chi connectivity index (χ0n) is 8.93. The van der Waals surface area contributed by atoms with E-state index in [2.05, 4.69) is 20.4 Å². The van der Waals surface area contributed by atoms with Crippen LogP contribution in [0.5, 0.6) is 0 Å². The van der Waals surface area contributed by atoms with Crippen molar-refractivity contribution in [1.82, 2.24) is 25.1 Å². The summed E-state index contributed by atoms with van der Waals surface area (Å²) >= 11 is 5.81. The number of nitrogens with zero attached hydrogens (tertiary/aromatic N) is 4. The molecule has 1 fully saturated rings. The van der Waals surface area contributed by atoms with Gasteiger partial charge in [0, 0.05) is 25.4 Å². The molecule has 0 aliphatic carbocycles. The Balaban J connectivity index is 1.90. The van der Waals surface area contributed by atoms with Crippen LogP contribution in [-0.2, 0) is 11.3 Å². The van der Waals surface area contributed by atoms with Crippen molar-refractivity contribution in [3.05, 3.63) is 17.5 Å². The number of hydrogen-bond acceptors (Lipinski definition) is 4. The molecule has 0 radical (unpaired) electrons. The summed E-state index contributed by atoms with van der Waals surface area (Å²) in [7, 11) is 0. The summed E-state index contributed by atoms with van der Waals surface area (Å²) in [5.74, 6) is 0.349. The van der Waals surface area contributed by atoms with Gasteiger partial charge < -0.3 is 5.32 Å². The molecule has 88 valence electrons. The number of rotatable bonds is 2. The third-order valence-electron chi connectivity index (χ3n) is 2.81. The lowest BCUT2D eigenvalue weighted by molar-refractivity contribution is -0.119. The Morgan fingerprint density at radius 2 is 2.41 bits per heavy atom. The second kappa shape index (κ2) is 3.96. The molecule has 2 aromatic rings. The summed E-state index contributed by atoms with van der Waals surface area (Å²) in [5.41, 5.74) is 1.38. The molecule has 1 aliphatic heterocycles. The predicted molar refractivity (Wildman–Crippen MR) is 61.4 cm³/mol. The van der Waals surface area contributed by atoms with Gasteiger partial charge in [-0.3, -0.25) is 4.79 Å². The number of amides is 1. The fraction of sp³-hybridized carbons (Fsp3) is 0.400. The van der Waals surface area contributed by atoms with Crippen LogP contribution in [-0.4, -0.2) is 32.2 Å². The molecule has 7 heteroatoms. The van der Waals surface area contributed by atoms with E-state index in [4.69, 9.17) is 11.6 Å². The smallest absolute Gasteiger partial charge is 0.220 e. The lowest BCUT2D eigenvalue weighted by Crippen LogP contribution is -2.16. The van der Waals surface area contributed by atoms with Crippen molar-refractivity contribution in [2.24, 2.45) is 5.92 Å². The third kappa shape index (κ3) is 1.95. The first-order valence-corrected chi connectivity index (χ1v) is 5.71. The molecule has 3 heterocycles. The van der Waals surface area contributed by atoms with Gasteiger partial charge in [0.05, 0.1) is 12.4 Å². The van der Waals surface area contributed by atoms with E-state index in [0.29, 0.717) is 35.8 Å². The molecule has 6 nitrogen and oxygen atoms in total. The van der Waals surface area contributed by atoms with E-state index < -0.39 is 0 Å². The molecule has 1 unspecified atom stereocenters. The van der Waals surface area contributed by atoms with E-state index >= 15 is 0 Å². The highest BCUT2D eigenvalue weighted by Crippen LogP contribution is 2.16. The Kier molecular flexibility index (Phi) is 2.44. The van der Waals surface area contributed by atoms with E-state index in [0.717, 1.165) is 0 Å². The Bertz CT molecular complexity index is 581. The first-order chi connectivity index (χ1) is 8.22. The van der Waals surface area contributed by atoms with Gasteiger partial charge in [-0.2, -0.15) is 5.10 Å². The van der Waals surface area contributed by atoms with E-state index in [-0.39, 0.29) is 11.8 Å². The fourth-order valence-corrected chi connectivity index (χ4v) is 2.13. The highest BCUT2D eigenvalue weighted by molar-refractivity contribution is 6.29. The fourth-order valence-electron chi connectivity index (χ4n) is 2.00. The van der Waals surface area contributed by atoms with Crippen molar-refractivity contribution in [2.45, 2.75) is 13.0 Å². The first kappa shape index (κ1) is 10.5. The minimum absolute atomic E-state index is 0.0931. The van der Waals surface area contributed by atoms with Crippen LogP contribution in [0.25, 0.3) is 11.2 Å². The van der Waals surface area contributed by atoms with Crippen molar-refractivity contribution in [3.8, 4) is 0 Å². The number of fused-ring (bicyclic) bond motifs is 1. The predicted octanol–water partition coefficient (Wildman–Crippen LogP) is 0.616. The summed E-state index contributed by atoms with van der Waals surface area (Å²) in [6.07, 6.45) is 3.69. The van der Waals surface area contributed by atoms with Crippen LogP contribution < -0.4 is 5.32 Å². The van der Waals surface area contributed by atoms with Gasteiger partial charge in [-0.05, 0) is 0 Å². The lowest BCUT2D eigenvalue weighted by Gasteiger charge is -2.07. The molecule has 17 heavy (non-hydrogen) atoms. The van der Waals surface area contributed by atoms with Gasteiger partial charge in [-0.25, -0.2) is 14.6 Å². The van der Waals surface area contributed by atoms with Crippen molar-refractivity contribution < 1.29 is 4.79 Å². The monoisotopic (exact) mass is 251 g/mol. The minimum Gasteiger partial charge on any atom is -0.356 e. The number of nitrogens with one attached hydrogen (secondary N) is 1. The lowest BCUT2D eigenvalue weighted by atomic mass is 10.1. The summed E-state index contributed by atoms with van der Waals surface area (Å²) in [6, 6.07) is 0. The van der Waals surface area contributed by atoms with E-state index in [1.807, 2.05) is 0 Å². The molecular weight excluding hydrogens is 242 g/mol. The normalized spacial score (nSPS) is 19.8. The average Bonchev–Trinajstić information content (AvgIpc) is 2.87. The molecule has 3 rings (SSSR count). The maximum atomic E-state index is 11.1. The topological polar surface area (TPSA) is 72.7 Å². The van der Waals surface area contributed by atoms with Gasteiger partial charge in [-0.1, -0.05) is 11.6 Å². The highest BCUT2D eigenvalue weighted by Gasteiger charge is 2.22. The maximum Gasteiger partial charge on any atom is 0.220 e. The molecule has 1 atom stereocenters. The molecule has 2 aromatic heterocycles. The Morgan fingerprint density at radius 1 is 1.53 bits per heavy atom. The summed E-state index contributed by atoms with van der Waals surface area (Å²) in [4.78, 5) is 19.4. The van der Waals surface area contributed by atoms with Gasteiger partial charge >= 0.3 is 0 Å². The molecule has 0 aromatic carbocycles. The van der Waals surface area contributed by atoms with Gasteiger partial charge in [-0.15, -0.1) is 0 Å². The van der Waals surface area contributed by atoms with E-state index in [9.17, 15) is 4.79 Å². The van der Waals surface area contributed by atoms with Crippen molar-refractivity contribution in [1.29, 1.82) is 0 Å². The van der Waals surface area contributed by atoms with Gasteiger partial charge in [0.2, 0.25) is 5.91 Å². The van der Waals surface area contributed by atoms with Crippen LogP contribution in [0.4, 0.5) is 0 Å². The van der Waals surface area contributed by atoms with Gasteiger partial charge in [0.1, 0.15) is 10.7 Å². The van der Waals surface area contributed by atoms with Crippen LogP contribution in [0.2, 0.25) is 5.15 Å². The third-order valence-corrected chi connectivity index (χ3v) is 2.99. The number of halogens is 1. The van der Waals surface area contributed by atoms with Crippen LogP contribution >= 0.6 is 11.6 Å². The molecule has 1 saturated heterocycles. The van der Waals surface area contributed by atoms with Crippen LogP contribution in [0.1, 0.15) is 6.42 Å². The van der Waals surface area contributed by atoms with Crippen LogP contribution in [0.15, 0.2) is 12.4 Å². The SMILES string of the molecule is O=C1CC(Cn2ncc3ncc(Cl)nc32)CN1. The highest BCUT2D eigenvalue weighted by atomic mass is 35.5. The van der Waals surface area contributed by atoms with Crippen LogP contribution in [0, 0.1) is 5.92 Å². The number of carbonyl (C=O) groups is 1. The second-order valence-corrected chi connectivity index (χ2v) is 4.49. The minimum atomic E-state index is 0.0931. The number of aromatic nitrogens is 4. The molecule has 1 N–H and O–H groups in total. The van der Waals surface area contributed by atoms with Gasteiger partial charge in [0.15, 0.2) is 5.65 Å². The molecule has 1 amide bonds. The summed E-state index contributed by atoms with van der Waals surface area (Å²) < 4.78 is 1.75. The summed E-state index contributed by atoms with van der Waals surface area (Å²) in [5, 5.41) is 7.37. The van der Waals surface area contributed by atoms with Crippen molar-refractivity contribution in [2.75, 3.05) is 6.54 Å². The average molecular weight is 252 g/mol. The quantitative estimate of drug-likeness (QED) is 0.849. The standard InChI is InChI=1S/C10H10ClN5O/c11-8-4-12-7-3-14-16(10(7)15-8)5-6-1-9(17)13-2-6/h3-4,6H,1-2,5H2,(H,13,17). The Labute approximate surface area is 102 Å². The molecule has 0 bridgehead atoms. The number of hydrogen-bond donors (Lipinski definition) is 1. The molecule has 0 saturated carbocycles. The molecular formula is C10H10ClN5O. The van der Waals surface area contributed by atoms with Crippen molar-refractivity contribution in [3.63, 3.8) is 0 Å². The molecule has 0 spiro atoms. The first-order valence-electron chi connectivity index (χ1n) is 5.33. The largest absolute Gasteiger partial charge is 0.356 e. The zero-order valence-corrected chi connectivity index (χ0v) is 9.68. The zero-order chi connectivity index (χ0) is 11.8. The Morgan fingerprint density at radius 3 is 3.18 bits per heavy atom. The second-order valence-electron chi connectivity index (χ2n) is 4.10. The maximum absolute atomic E-state index is 11.1. The number of carbonyl (C=O) groups excluding carboxylic acids is 1. The Hall–Kier alpha value is -1.69. The van der Waals surface area contributed by atoms with E-state index in [1.54, 1.807) is 10.9 Å². The van der Waals surface area contributed by atoms with Crippen LogP contribution in [0.3, 0.4) is 0 Å². The van der Waals surface area contributed by atoms with Gasteiger partial charge in [0.25, 0.3) is 0 Å². The van der Waals surface area contributed by atoms with E-state index in [1.165, 1.54) is 6.20 Å².